The lowest BCUT2D eigenvalue weighted by Gasteiger charge is -2.16. The van der Waals surface area contributed by atoms with Gasteiger partial charge in [-0.25, -0.2) is 39.5 Å². The van der Waals surface area contributed by atoms with Gasteiger partial charge in [0.2, 0.25) is 0 Å². The lowest BCUT2D eigenvalue weighted by atomic mass is 10.3. The van der Waals surface area contributed by atoms with E-state index in [1.807, 2.05) is 0 Å². The summed E-state index contributed by atoms with van der Waals surface area (Å²) in [6.45, 7) is 0. The summed E-state index contributed by atoms with van der Waals surface area (Å²) in [4.78, 5) is 0. The molecule has 0 aliphatic rings. The lowest BCUT2D eigenvalue weighted by molar-refractivity contribution is 0.447. The molecular formula is C18H6AlF9. The van der Waals surface area contributed by atoms with Crippen LogP contribution < -0.4 is 13.3 Å². The molecule has 3 rings (SSSR count). The Kier molecular flexibility index (Phi) is 5.46. The molecule has 28 heavy (non-hydrogen) atoms. The van der Waals surface area contributed by atoms with Crippen LogP contribution in [0.5, 0.6) is 0 Å². The fourth-order valence-electron chi connectivity index (χ4n) is 2.80. The van der Waals surface area contributed by atoms with Crippen molar-refractivity contribution in [2.24, 2.45) is 0 Å². The summed E-state index contributed by atoms with van der Waals surface area (Å²) in [5.74, 6) is -15.4. The Morgan fingerprint density at radius 3 is 0.714 bits per heavy atom. The molecule has 0 unspecified atom stereocenters. The second-order valence-corrected chi connectivity index (χ2v) is 8.69. The molecule has 10 heteroatoms. The van der Waals surface area contributed by atoms with Gasteiger partial charge in [0.25, 0.3) is 0 Å². The Labute approximate surface area is 156 Å². The molecule has 0 aliphatic carbocycles. The summed E-state index contributed by atoms with van der Waals surface area (Å²) in [5, 5.41) is 0. The fraction of sp³-hybridized carbons (Fsp3) is 0. The molecule has 3 aromatic rings. The molecule has 0 saturated heterocycles. The van der Waals surface area contributed by atoms with E-state index in [4.69, 9.17) is 0 Å². The van der Waals surface area contributed by atoms with E-state index in [-0.39, 0.29) is 13.3 Å². The quantitative estimate of drug-likeness (QED) is 0.346. The predicted octanol–water partition coefficient (Wildman–Crippen LogP) is 3.45. The second-order valence-electron chi connectivity index (χ2n) is 5.83. The van der Waals surface area contributed by atoms with Crippen molar-refractivity contribution in [3.8, 4) is 0 Å². The van der Waals surface area contributed by atoms with Crippen LogP contribution in [0.15, 0.2) is 36.4 Å². The molecule has 0 N–H and O–H groups in total. The number of hydrogen-bond acceptors (Lipinski definition) is 0. The van der Waals surface area contributed by atoms with Crippen molar-refractivity contribution in [3.05, 3.63) is 88.8 Å². The van der Waals surface area contributed by atoms with Crippen LogP contribution in [-0.4, -0.2) is 14.1 Å². The maximum atomic E-state index is 13.7. The van der Waals surface area contributed by atoms with E-state index in [0.29, 0.717) is 36.4 Å². The molecule has 0 aliphatic heterocycles. The molecule has 0 bridgehead atoms. The third-order valence-electron chi connectivity index (χ3n) is 4.02. The van der Waals surface area contributed by atoms with Crippen LogP contribution in [0.1, 0.15) is 0 Å². The highest BCUT2D eigenvalue weighted by Crippen LogP contribution is 2.14. The molecule has 0 atom stereocenters. The summed E-state index contributed by atoms with van der Waals surface area (Å²) >= 11 is -3.48. The molecule has 3 aromatic carbocycles. The monoisotopic (exact) mass is 420 g/mol. The van der Waals surface area contributed by atoms with Crippen molar-refractivity contribution in [1.29, 1.82) is 0 Å². The zero-order valence-corrected chi connectivity index (χ0v) is 14.6. The van der Waals surface area contributed by atoms with Crippen molar-refractivity contribution in [2.45, 2.75) is 0 Å². The third-order valence-corrected chi connectivity index (χ3v) is 7.02. The molecule has 0 nitrogen and oxygen atoms in total. The average molecular weight is 420 g/mol. The van der Waals surface area contributed by atoms with Crippen LogP contribution >= 0.6 is 0 Å². The van der Waals surface area contributed by atoms with Crippen LogP contribution in [0.25, 0.3) is 0 Å². The first-order valence-corrected chi connectivity index (χ1v) is 9.26. The van der Waals surface area contributed by atoms with Crippen LogP contribution in [-0.2, 0) is 0 Å². The van der Waals surface area contributed by atoms with Crippen LogP contribution in [0.3, 0.4) is 0 Å². The summed E-state index contributed by atoms with van der Waals surface area (Å²) in [5.41, 5.74) is 0. The molecule has 0 radical (unpaired) electrons. The molecule has 0 saturated carbocycles. The number of hydrogen-bond donors (Lipinski definition) is 0. The number of halogens is 9. The zero-order chi connectivity index (χ0) is 20.7. The Bertz CT molecular complexity index is 875. The molecule has 144 valence electrons. The minimum atomic E-state index is -3.48. The first-order chi connectivity index (χ1) is 13.1. The van der Waals surface area contributed by atoms with Gasteiger partial charge in [-0.15, -0.1) is 0 Å². The largest absolute Gasteiger partial charge is 0.384 e. The van der Waals surface area contributed by atoms with Gasteiger partial charge in [-0.05, 0) is 36.4 Å². The van der Waals surface area contributed by atoms with Crippen molar-refractivity contribution in [1.82, 2.24) is 0 Å². The molecule has 0 fully saturated rings. The van der Waals surface area contributed by atoms with Crippen LogP contribution in [0.4, 0.5) is 39.5 Å². The summed E-state index contributed by atoms with van der Waals surface area (Å²) in [7, 11) is 0. The summed E-state index contributed by atoms with van der Waals surface area (Å²) in [6, 6.07) is 2.96. The Balaban J connectivity index is 2.32. The van der Waals surface area contributed by atoms with Crippen molar-refractivity contribution in [2.75, 3.05) is 0 Å². The number of rotatable bonds is 3. The van der Waals surface area contributed by atoms with Gasteiger partial charge >= 0.3 is 14.1 Å². The van der Waals surface area contributed by atoms with E-state index in [1.54, 1.807) is 0 Å². The maximum absolute atomic E-state index is 13.7. The van der Waals surface area contributed by atoms with Gasteiger partial charge in [0.1, 0.15) is 0 Å². The Hall–Kier alpha value is -2.44. The van der Waals surface area contributed by atoms with Gasteiger partial charge in [-0.2, -0.15) is 0 Å². The average Bonchev–Trinajstić information content (AvgIpc) is 2.62. The molecule has 0 amide bonds. The van der Waals surface area contributed by atoms with E-state index in [9.17, 15) is 39.5 Å². The Morgan fingerprint density at radius 1 is 0.357 bits per heavy atom. The van der Waals surface area contributed by atoms with Crippen LogP contribution in [0, 0.1) is 52.4 Å². The van der Waals surface area contributed by atoms with Gasteiger partial charge in [-0.3, -0.25) is 0 Å². The van der Waals surface area contributed by atoms with Crippen molar-refractivity contribution in [3.63, 3.8) is 0 Å². The van der Waals surface area contributed by atoms with E-state index < -0.39 is 66.5 Å². The van der Waals surface area contributed by atoms with Gasteiger partial charge in [-0.1, -0.05) is 13.3 Å². The van der Waals surface area contributed by atoms with E-state index in [0.717, 1.165) is 0 Å². The Morgan fingerprint density at radius 2 is 0.536 bits per heavy atom. The van der Waals surface area contributed by atoms with Gasteiger partial charge < -0.3 is 0 Å². The van der Waals surface area contributed by atoms with Crippen molar-refractivity contribution < 1.29 is 39.5 Å². The summed E-state index contributed by atoms with van der Waals surface area (Å²) in [6.07, 6.45) is 0. The topological polar surface area (TPSA) is 0 Å². The van der Waals surface area contributed by atoms with E-state index >= 15 is 0 Å². The van der Waals surface area contributed by atoms with Gasteiger partial charge in [0, 0.05) is 0 Å². The molecule has 0 heterocycles. The minimum Gasteiger partial charge on any atom is -0.204 e. The highest BCUT2D eigenvalue weighted by Gasteiger charge is 2.31. The SMILES string of the molecule is Fc1c[c]([Al]([c]2cc(F)c(F)c(F)c2)[c]2cc(F)c(F)c(F)c2)cc(F)c1F. The van der Waals surface area contributed by atoms with Gasteiger partial charge in [0.15, 0.2) is 52.4 Å². The van der Waals surface area contributed by atoms with E-state index in [1.165, 1.54) is 0 Å². The number of benzene rings is 3. The molecule has 0 spiro atoms. The minimum absolute atomic E-state index is 0.368. The fourth-order valence-corrected chi connectivity index (χ4v) is 5.84. The summed E-state index contributed by atoms with van der Waals surface area (Å²) < 4.78 is 121. The molecule has 0 aromatic heterocycles. The van der Waals surface area contributed by atoms with Crippen LogP contribution in [0.2, 0.25) is 0 Å². The predicted molar refractivity (Wildman–Crippen MR) is 83.6 cm³/mol. The second kappa shape index (κ2) is 7.53. The first-order valence-electron chi connectivity index (χ1n) is 7.53. The van der Waals surface area contributed by atoms with E-state index in [2.05, 4.69) is 0 Å². The highest BCUT2D eigenvalue weighted by atomic mass is 27.2. The van der Waals surface area contributed by atoms with Crippen molar-refractivity contribution >= 4 is 27.4 Å². The zero-order valence-electron chi connectivity index (χ0n) is 13.4. The highest BCUT2D eigenvalue weighted by molar-refractivity contribution is 6.95. The standard InChI is InChI=1S/3C6H2F3.Al/c3*7-4-2-1-3-5(8)6(4)9;/h3*2-3H;. The van der Waals surface area contributed by atoms with Gasteiger partial charge in [0.05, 0.1) is 0 Å². The first kappa shape index (κ1) is 20.3. The maximum Gasteiger partial charge on any atom is 0.384 e. The normalized spacial score (nSPS) is 11.0. The lowest BCUT2D eigenvalue weighted by Crippen LogP contribution is -2.53. The molecular weight excluding hydrogens is 414 g/mol. The third kappa shape index (κ3) is 3.62. The smallest absolute Gasteiger partial charge is 0.204 e.